The van der Waals surface area contributed by atoms with E-state index in [0.29, 0.717) is 33.0 Å². The van der Waals surface area contributed by atoms with E-state index in [9.17, 15) is 10.1 Å². The van der Waals surface area contributed by atoms with Gasteiger partial charge in [0.2, 0.25) is 0 Å². The van der Waals surface area contributed by atoms with Crippen LogP contribution in [0.25, 0.3) is 11.3 Å². The molecule has 2 aromatic carbocycles. The Kier molecular flexibility index (Phi) is 6.24. The lowest BCUT2D eigenvalue weighted by molar-refractivity contribution is 0.356. The molecule has 3 rings (SSSR count). The fourth-order valence-electron chi connectivity index (χ4n) is 2.65. The monoisotopic (exact) mass is 413 g/mol. The predicted molar refractivity (Wildman–Crippen MR) is 109 cm³/mol. The second-order valence-electron chi connectivity index (χ2n) is 5.63. The maximum absolute atomic E-state index is 12.5. The molecule has 3 aromatic rings. The molecule has 6 nitrogen and oxygen atoms in total. The van der Waals surface area contributed by atoms with Crippen molar-refractivity contribution in [2.24, 2.45) is 0 Å². The lowest BCUT2D eigenvalue weighted by Crippen LogP contribution is -2.15. The number of para-hydroxylation sites is 1. The molecule has 28 heavy (non-hydrogen) atoms. The van der Waals surface area contributed by atoms with Crippen LogP contribution in [-0.4, -0.2) is 24.2 Å². The minimum atomic E-state index is -0.515. The molecule has 0 aliphatic heterocycles. The van der Waals surface area contributed by atoms with Crippen LogP contribution in [0.3, 0.4) is 0 Å². The number of nitrogens with zero attached hydrogens (tertiary/aromatic N) is 2. The number of benzene rings is 2. The second kappa shape index (κ2) is 8.83. The van der Waals surface area contributed by atoms with E-state index in [4.69, 9.17) is 21.1 Å². The Labute approximate surface area is 171 Å². The van der Waals surface area contributed by atoms with Crippen molar-refractivity contribution in [1.82, 2.24) is 9.97 Å². The van der Waals surface area contributed by atoms with Crippen molar-refractivity contribution in [2.45, 2.75) is 10.9 Å². The zero-order valence-electron chi connectivity index (χ0n) is 15.2. The van der Waals surface area contributed by atoms with Crippen LogP contribution in [0.2, 0.25) is 5.02 Å². The molecule has 0 fully saturated rings. The minimum absolute atomic E-state index is 0.0892. The maximum atomic E-state index is 12.5. The van der Waals surface area contributed by atoms with Gasteiger partial charge in [-0.3, -0.25) is 4.79 Å². The third kappa shape index (κ3) is 3.98. The van der Waals surface area contributed by atoms with Gasteiger partial charge < -0.3 is 14.5 Å². The molecule has 1 aromatic heterocycles. The summed E-state index contributed by atoms with van der Waals surface area (Å²) in [4.78, 5) is 19.6. The van der Waals surface area contributed by atoms with Crippen molar-refractivity contribution in [1.29, 1.82) is 5.26 Å². The first-order chi connectivity index (χ1) is 13.6. The van der Waals surface area contributed by atoms with Gasteiger partial charge in [0, 0.05) is 16.3 Å². The van der Waals surface area contributed by atoms with E-state index in [1.165, 1.54) is 26.0 Å². The number of aromatic amines is 1. The topological polar surface area (TPSA) is 88.0 Å². The number of aromatic nitrogens is 2. The molecule has 0 amide bonds. The number of hydrogen-bond donors (Lipinski definition) is 1. The number of methoxy groups -OCH3 is 2. The van der Waals surface area contributed by atoms with Gasteiger partial charge in [-0.25, -0.2) is 4.98 Å². The van der Waals surface area contributed by atoms with Crippen molar-refractivity contribution in [2.75, 3.05) is 14.2 Å². The van der Waals surface area contributed by atoms with Crippen LogP contribution in [-0.2, 0) is 5.75 Å². The smallest absolute Gasteiger partial charge is 0.270 e. The fraction of sp³-hybridized carbons (Fsp3) is 0.150. The Morgan fingerprint density at radius 1 is 1.18 bits per heavy atom. The first-order valence-electron chi connectivity index (χ1n) is 8.21. The van der Waals surface area contributed by atoms with Gasteiger partial charge in [0.25, 0.3) is 5.56 Å². The lowest BCUT2D eigenvalue weighted by atomic mass is 10.1. The van der Waals surface area contributed by atoms with Crippen molar-refractivity contribution < 1.29 is 9.47 Å². The largest absolute Gasteiger partial charge is 0.493 e. The fourth-order valence-corrected chi connectivity index (χ4v) is 3.80. The van der Waals surface area contributed by atoms with Gasteiger partial charge >= 0.3 is 0 Å². The van der Waals surface area contributed by atoms with Crippen molar-refractivity contribution in [3.05, 3.63) is 69.0 Å². The number of ether oxygens (including phenoxy) is 2. The van der Waals surface area contributed by atoms with Crippen molar-refractivity contribution in [3.8, 4) is 28.8 Å². The van der Waals surface area contributed by atoms with Crippen molar-refractivity contribution in [3.63, 3.8) is 0 Å². The van der Waals surface area contributed by atoms with Gasteiger partial charge in [-0.1, -0.05) is 47.6 Å². The Balaban J connectivity index is 2.06. The van der Waals surface area contributed by atoms with Crippen LogP contribution in [0.15, 0.2) is 52.4 Å². The molecule has 0 bridgehead atoms. The molecule has 0 unspecified atom stereocenters. The third-order valence-electron chi connectivity index (χ3n) is 3.99. The summed E-state index contributed by atoms with van der Waals surface area (Å²) in [5, 5.41) is 10.5. The SMILES string of the molecule is COc1cccc(-c2nc(SCc3ccccc3Cl)[nH]c(=O)c2C#N)c1OC. The van der Waals surface area contributed by atoms with E-state index in [-0.39, 0.29) is 11.3 Å². The maximum Gasteiger partial charge on any atom is 0.270 e. The Morgan fingerprint density at radius 3 is 2.64 bits per heavy atom. The standard InChI is InChI=1S/C20H16ClN3O3S/c1-26-16-9-5-7-13(18(16)27-2)17-14(10-22)19(25)24-20(23-17)28-11-12-6-3-4-8-15(12)21/h3-9H,11H2,1-2H3,(H,23,24,25). The number of halogens is 1. The van der Waals surface area contributed by atoms with Crippen LogP contribution in [0, 0.1) is 11.3 Å². The van der Waals surface area contributed by atoms with Gasteiger partial charge in [0.05, 0.1) is 14.2 Å². The van der Waals surface area contributed by atoms with Crippen LogP contribution >= 0.6 is 23.4 Å². The summed E-state index contributed by atoms with van der Waals surface area (Å²) in [6.45, 7) is 0. The van der Waals surface area contributed by atoms with E-state index in [1.807, 2.05) is 24.3 Å². The molecular formula is C20H16ClN3O3S. The molecule has 0 aliphatic rings. The van der Waals surface area contributed by atoms with Crippen LogP contribution < -0.4 is 15.0 Å². The zero-order valence-corrected chi connectivity index (χ0v) is 16.7. The number of nitriles is 1. The van der Waals surface area contributed by atoms with Gasteiger partial charge in [0.15, 0.2) is 16.7 Å². The summed E-state index contributed by atoms with van der Waals surface area (Å²) in [6.07, 6.45) is 0. The normalized spacial score (nSPS) is 10.4. The van der Waals surface area contributed by atoms with E-state index >= 15 is 0 Å². The van der Waals surface area contributed by atoms with Crippen molar-refractivity contribution >= 4 is 23.4 Å². The summed E-state index contributed by atoms with van der Waals surface area (Å²) in [5.74, 6) is 1.40. The highest BCUT2D eigenvalue weighted by Crippen LogP contribution is 2.38. The highest BCUT2D eigenvalue weighted by molar-refractivity contribution is 7.98. The van der Waals surface area contributed by atoms with Crippen LogP contribution in [0.4, 0.5) is 0 Å². The predicted octanol–water partition coefficient (Wildman–Crippen LogP) is 4.27. The van der Waals surface area contributed by atoms with Gasteiger partial charge in [-0.15, -0.1) is 0 Å². The molecule has 1 N–H and O–H groups in total. The second-order valence-corrected chi connectivity index (χ2v) is 7.00. The zero-order chi connectivity index (χ0) is 20.1. The first-order valence-corrected chi connectivity index (χ1v) is 9.57. The number of thioether (sulfide) groups is 1. The number of H-pyrrole nitrogens is 1. The number of nitrogens with one attached hydrogen (secondary N) is 1. The minimum Gasteiger partial charge on any atom is -0.493 e. The van der Waals surface area contributed by atoms with E-state index in [2.05, 4.69) is 9.97 Å². The summed E-state index contributed by atoms with van der Waals surface area (Å²) >= 11 is 7.51. The molecule has 0 spiro atoms. The summed E-state index contributed by atoms with van der Waals surface area (Å²) in [5.41, 5.74) is 1.06. The molecule has 0 aliphatic carbocycles. The third-order valence-corrected chi connectivity index (χ3v) is 5.28. The molecule has 1 heterocycles. The quantitative estimate of drug-likeness (QED) is 0.479. The Morgan fingerprint density at radius 2 is 1.96 bits per heavy atom. The summed E-state index contributed by atoms with van der Waals surface area (Å²) in [6, 6.07) is 14.6. The molecule has 0 saturated heterocycles. The lowest BCUT2D eigenvalue weighted by Gasteiger charge is -2.13. The van der Waals surface area contributed by atoms with Crippen LogP contribution in [0.5, 0.6) is 11.5 Å². The molecule has 0 radical (unpaired) electrons. The van der Waals surface area contributed by atoms with Gasteiger partial charge in [-0.05, 0) is 23.8 Å². The Hall–Kier alpha value is -2.95. The molecule has 0 saturated carbocycles. The molecule has 8 heteroatoms. The van der Waals surface area contributed by atoms with Crippen LogP contribution in [0.1, 0.15) is 11.1 Å². The first kappa shape index (κ1) is 19.8. The summed E-state index contributed by atoms with van der Waals surface area (Å²) in [7, 11) is 3.01. The number of hydrogen-bond acceptors (Lipinski definition) is 6. The number of rotatable bonds is 6. The average molecular weight is 414 g/mol. The van der Waals surface area contributed by atoms with Gasteiger partial charge in [-0.2, -0.15) is 5.26 Å². The molecule has 142 valence electrons. The van der Waals surface area contributed by atoms with E-state index < -0.39 is 5.56 Å². The highest BCUT2D eigenvalue weighted by atomic mass is 35.5. The average Bonchev–Trinajstić information content (AvgIpc) is 2.72. The Bertz CT molecular complexity index is 1110. The van der Waals surface area contributed by atoms with E-state index in [1.54, 1.807) is 24.3 Å². The highest BCUT2D eigenvalue weighted by Gasteiger charge is 2.19. The molecule has 0 atom stereocenters. The summed E-state index contributed by atoms with van der Waals surface area (Å²) < 4.78 is 10.7. The molecular weight excluding hydrogens is 398 g/mol. The van der Waals surface area contributed by atoms with Gasteiger partial charge in [0.1, 0.15) is 17.3 Å². The van der Waals surface area contributed by atoms with E-state index in [0.717, 1.165) is 5.56 Å².